The minimum absolute atomic E-state index is 0.0725. The summed E-state index contributed by atoms with van der Waals surface area (Å²) in [6.07, 6.45) is 3.88. The van der Waals surface area contributed by atoms with Crippen molar-refractivity contribution in [1.29, 1.82) is 0 Å². The number of benzene rings is 2. The van der Waals surface area contributed by atoms with Gasteiger partial charge in [0.05, 0.1) is 11.1 Å². The normalized spacial score (nSPS) is 17.5. The fourth-order valence-electron chi connectivity index (χ4n) is 4.27. The summed E-state index contributed by atoms with van der Waals surface area (Å²) in [7, 11) is 2.01. The molecule has 0 N–H and O–H groups in total. The predicted molar refractivity (Wildman–Crippen MR) is 113 cm³/mol. The van der Waals surface area contributed by atoms with Crippen LogP contribution in [0.3, 0.4) is 0 Å². The number of ketones is 1. The largest absolute Gasteiger partial charge is 0.478 e. The molecular formula is C24H24N2O3. The SMILES string of the molecule is CC(C)CN1COc2ccc3c(c2C1)O/C(=C\c1cn(C)c2ccccc12)C3=O. The summed E-state index contributed by atoms with van der Waals surface area (Å²) in [6.45, 7) is 6.61. The third-order valence-corrected chi connectivity index (χ3v) is 5.52. The monoisotopic (exact) mass is 388 g/mol. The van der Waals surface area contributed by atoms with Crippen LogP contribution in [-0.4, -0.2) is 28.5 Å². The summed E-state index contributed by atoms with van der Waals surface area (Å²) < 4.78 is 14.1. The van der Waals surface area contributed by atoms with E-state index >= 15 is 0 Å². The topological polar surface area (TPSA) is 43.7 Å². The van der Waals surface area contributed by atoms with Crippen LogP contribution in [0.15, 0.2) is 48.4 Å². The maximum atomic E-state index is 13.0. The summed E-state index contributed by atoms with van der Waals surface area (Å²) >= 11 is 0. The number of aryl methyl sites for hydroxylation is 1. The fraction of sp³-hybridized carbons (Fsp3) is 0.292. The summed E-state index contributed by atoms with van der Waals surface area (Å²) in [5, 5.41) is 1.10. The van der Waals surface area contributed by atoms with Crippen molar-refractivity contribution in [3.05, 3.63) is 65.0 Å². The quantitative estimate of drug-likeness (QED) is 0.615. The lowest BCUT2D eigenvalue weighted by molar-refractivity contribution is 0.0832. The lowest BCUT2D eigenvalue weighted by Gasteiger charge is -2.30. The number of Topliss-reactive ketones (excluding diaryl/α,β-unsaturated/α-hetero) is 1. The molecule has 0 fully saturated rings. The zero-order valence-electron chi connectivity index (χ0n) is 16.9. The standard InChI is InChI=1S/C24H24N2O3/c1-15(2)11-26-13-19-21(28-14-26)9-8-18-23(27)22(29-24(18)19)10-16-12-25(3)20-7-5-4-6-17(16)20/h4-10,12,15H,11,13-14H2,1-3H3/b22-10-. The molecule has 5 nitrogen and oxygen atoms in total. The first-order valence-corrected chi connectivity index (χ1v) is 10.0. The highest BCUT2D eigenvalue weighted by Crippen LogP contribution is 2.42. The molecule has 148 valence electrons. The van der Waals surface area contributed by atoms with Crippen LogP contribution in [0.25, 0.3) is 17.0 Å². The lowest BCUT2D eigenvalue weighted by Crippen LogP contribution is -2.34. The maximum absolute atomic E-state index is 13.0. The van der Waals surface area contributed by atoms with E-state index in [1.54, 1.807) is 0 Å². The number of hydrogen-bond donors (Lipinski definition) is 0. The second kappa shape index (κ2) is 6.78. The minimum Gasteiger partial charge on any atom is -0.478 e. The number of fused-ring (bicyclic) bond motifs is 4. The second-order valence-corrected chi connectivity index (χ2v) is 8.25. The van der Waals surface area contributed by atoms with E-state index in [0.717, 1.165) is 40.9 Å². The molecule has 0 atom stereocenters. The molecule has 1 aromatic heterocycles. The maximum Gasteiger partial charge on any atom is 0.231 e. The van der Waals surface area contributed by atoms with Gasteiger partial charge in [-0.3, -0.25) is 9.69 Å². The third kappa shape index (κ3) is 3.02. The van der Waals surface area contributed by atoms with Crippen LogP contribution < -0.4 is 9.47 Å². The number of allylic oxidation sites excluding steroid dienone is 1. The second-order valence-electron chi connectivity index (χ2n) is 8.25. The molecule has 3 aromatic rings. The molecule has 5 rings (SSSR count). The molecule has 0 amide bonds. The van der Waals surface area contributed by atoms with Crippen molar-refractivity contribution >= 4 is 22.8 Å². The van der Waals surface area contributed by atoms with Crippen LogP contribution in [0.5, 0.6) is 11.5 Å². The number of nitrogens with zero attached hydrogens (tertiary/aromatic N) is 2. The van der Waals surface area contributed by atoms with E-state index in [9.17, 15) is 4.79 Å². The number of aromatic nitrogens is 1. The van der Waals surface area contributed by atoms with Crippen LogP contribution in [0, 0.1) is 5.92 Å². The van der Waals surface area contributed by atoms with Gasteiger partial charge in [0.15, 0.2) is 5.76 Å². The zero-order valence-corrected chi connectivity index (χ0v) is 16.9. The van der Waals surface area contributed by atoms with Gasteiger partial charge in [-0.2, -0.15) is 0 Å². The molecule has 0 unspecified atom stereocenters. The molecule has 0 saturated heterocycles. The van der Waals surface area contributed by atoms with E-state index in [1.807, 2.05) is 43.6 Å². The van der Waals surface area contributed by atoms with Gasteiger partial charge in [-0.05, 0) is 30.2 Å². The Morgan fingerprint density at radius 2 is 2.00 bits per heavy atom. The number of carbonyl (C=O) groups excluding carboxylic acids is 1. The van der Waals surface area contributed by atoms with E-state index in [1.165, 1.54) is 0 Å². The number of ether oxygens (including phenoxy) is 2. The number of carbonyl (C=O) groups is 1. The van der Waals surface area contributed by atoms with Crippen molar-refractivity contribution in [1.82, 2.24) is 9.47 Å². The molecule has 0 aliphatic carbocycles. The van der Waals surface area contributed by atoms with Crippen molar-refractivity contribution in [2.24, 2.45) is 13.0 Å². The van der Waals surface area contributed by atoms with E-state index in [0.29, 0.717) is 29.7 Å². The van der Waals surface area contributed by atoms with Gasteiger partial charge in [0.2, 0.25) is 5.78 Å². The molecule has 0 radical (unpaired) electrons. The lowest BCUT2D eigenvalue weighted by atomic mass is 10.0. The molecule has 3 heterocycles. The van der Waals surface area contributed by atoms with Gasteiger partial charge in [0, 0.05) is 42.8 Å². The predicted octanol–water partition coefficient (Wildman–Crippen LogP) is 4.60. The summed E-state index contributed by atoms with van der Waals surface area (Å²) in [4.78, 5) is 15.3. The van der Waals surface area contributed by atoms with Crippen LogP contribution in [0.1, 0.15) is 35.3 Å². The Morgan fingerprint density at radius 1 is 1.17 bits per heavy atom. The average Bonchev–Trinajstić information content (AvgIpc) is 3.19. The first-order valence-electron chi connectivity index (χ1n) is 10.0. The first kappa shape index (κ1) is 18.0. The Labute approximate surface area is 170 Å². The van der Waals surface area contributed by atoms with Gasteiger partial charge in [0.25, 0.3) is 0 Å². The fourth-order valence-corrected chi connectivity index (χ4v) is 4.27. The minimum atomic E-state index is -0.0725. The van der Waals surface area contributed by atoms with Crippen molar-refractivity contribution in [3.63, 3.8) is 0 Å². The van der Waals surface area contributed by atoms with Gasteiger partial charge in [-0.1, -0.05) is 32.0 Å². The first-order chi connectivity index (χ1) is 14.0. The summed E-state index contributed by atoms with van der Waals surface area (Å²) in [5.41, 5.74) is 3.68. The molecular weight excluding hydrogens is 364 g/mol. The molecule has 29 heavy (non-hydrogen) atoms. The number of rotatable bonds is 3. The molecule has 2 aliphatic rings. The summed E-state index contributed by atoms with van der Waals surface area (Å²) in [6, 6.07) is 11.9. The van der Waals surface area contributed by atoms with Crippen molar-refractivity contribution in [3.8, 4) is 11.5 Å². The smallest absolute Gasteiger partial charge is 0.231 e. The van der Waals surface area contributed by atoms with Crippen LogP contribution in [0.2, 0.25) is 0 Å². The average molecular weight is 388 g/mol. The molecule has 5 heteroatoms. The Kier molecular flexibility index (Phi) is 4.21. The number of hydrogen-bond acceptors (Lipinski definition) is 4. The van der Waals surface area contributed by atoms with Crippen LogP contribution >= 0.6 is 0 Å². The van der Waals surface area contributed by atoms with Gasteiger partial charge >= 0.3 is 0 Å². The van der Waals surface area contributed by atoms with Gasteiger partial charge < -0.3 is 14.0 Å². The van der Waals surface area contributed by atoms with E-state index in [2.05, 4.69) is 35.4 Å². The highest BCUT2D eigenvalue weighted by atomic mass is 16.5. The van der Waals surface area contributed by atoms with Gasteiger partial charge in [-0.15, -0.1) is 0 Å². The highest BCUT2D eigenvalue weighted by Gasteiger charge is 2.33. The zero-order chi connectivity index (χ0) is 20.1. The van der Waals surface area contributed by atoms with Crippen LogP contribution in [-0.2, 0) is 13.6 Å². The Hall–Kier alpha value is -3.05. The Morgan fingerprint density at radius 3 is 2.83 bits per heavy atom. The van der Waals surface area contributed by atoms with Crippen LogP contribution in [0.4, 0.5) is 0 Å². The van der Waals surface area contributed by atoms with Crippen molar-refractivity contribution in [2.45, 2.75) is 20.4 Å². The Balaban J connectivity index is 1.52. The highest BCUT2D eigenvalue weighted by molar-refractivity contribution is 6.15. The van der Waals surface area contributed by atoms with Crippen molar-refractivity contribution < 1.29 is 14.3 Å². The number of para-hydroxylation sites is 1. The molecule has 2 aromatic carbocycles. The van der Waals surface area contributed by atoms with E-state index in [4.69, 9.17) is 9.47 Å². The van der Waals surface area contributed by atoms with E-state index < -0.39 is 0 Å². The molecule has 0 saturated carbocycles. The van der Waals surface area contributed by atoms with Gasteiger partial charge in [-0.25, -0.2) is 0 Å². The third-order valence-electron chi connectivity index (χ3n) is 5.52. The van der Waals surface area contributed by atoms with Gasteiger partial charge in [0.1, 0.15) is 18.2 Å². The molecule has 2 aliphatic heterocycles. The van der Waals surface area contributed by atoms with Crippen molar-refractivity contribution in [2.75, 3.05) is 13.3 Å². The van der Waals surface area contributed by atoms with E-state index in [-0.39, 0.29) is 5.78 Å². The Bertz CT molecular complexity index is 1160. The summed E-state index contributed by atoms with van der Waals surface area (Å²) in [5.74, 6) is 2.29. The molecule has 0 spiro atoms. The molecule has 0 bridgehead atoms.